The largest absolute Gasteiger partial charge is 0.404 e. The minimum Gasteiger partial charge on any atom is -0.404 e. The second kappa shape index (κ2) is 9.00. The van der Waals surface area contributed by atoms with Crippen molar-refractivity contribution in [2.24, 2.45) is 10.7 Å². The van der Waals surface area contributed by atoms with Crippen molar-refractivity contribution in [2.75, 3.05) is 0 Å². The second-order valence-corrected chi connectivity index (χ2v) is 2.87. The standard InChI is InChI=1S/C11H14N2.C2H6/c1-10(7-12)8-13-9-11-5-3-2-4-6-11;1-2/h2-8H,9,12H2,1H3;1-2H3/b10-7-,13-8?;. The van der Waals surface area contributed by atoms with E-state index in [9.17, 15) is 0 Å². The summed E-state index contributed by atoms with van der Waals surface area (Å²) in [5.74, 6) is 0. The van der Waals surface area contributed by atoms with Crippen LogP contribution in [0.15, 0.2) is 47.1 Å². The smallest absolute Gasteiger partial charge is 0.0639 e. The van der Waals surface area contributed by atoms with Crippen molar-refractivity contribution in [1.29, 1.82) is 0 Å². The highest BCUT2D eigenvalue weighted by Crippen LogP contribution is 1.99. The molecular formula is C13H20N2. The molecule has 0 aliphatic rings. The van der Waals surface area contributed by atoms with Crippen LogP contribution in [-0.4, -0.2) is 6.21 Å². The molecule has 0 saturated carbocycles. The van der Waals surface area contributed by atoms with Crippen LogP contribution in [0.25, 0.3) is 0 Å². The third kappa shape index (κ3) is 6.49. The van der Waals surface area contributed by atoms with Crippen molar-refractivity contribution >= 4 is 6.21 Å². The van der Waals surface area contributed by atoms with Crippen molar-refractivity contribution in [1.82, 2.24) is 0 Å². The predicted octanol–water partition coefficient (Wildman–Crippen LogP) is 3.15. The summed E-state index contributed by atoms with van der Waals surface area (Å²) in [6.45, 7) is 6.64. The third-order valence-electron chi connectivity index (χ3n) is 1.67. The Morgan fingerprint density at radius 1 is 1.27 bits per heavy atom. The number of rotatable bonds is 3. The minimum absolute atomic E-state index is 0.714. The summed E-state index contributed by atoms with van der Waals surface area (Å²) < 4.78 is 0. The highest BCUT2D eigenvalue weighted by atomic mass is 14.7. The average molecular weight is 204 g/mol. The number of benzene rings is 1. The molecule has 0 aromatic heterocycles. The van der Waals surface area contributed by atoms with Gasteiger partial charge in [0.2, 0.25) is 0 Å². The van der Waals surface area contributed by atoms with Gasteiger partial charge in [-0.1, -0.05) is 44.2 Å². The second-order valence-electron chi connectivity index (χ2n) is 2.87. The van der Waals surface area contributed by atoms with Gasteiger partial charge in [-0.2, -0.15) is 0 Å². The van der Waals surface area contributed by atoms with Gasteiger partial charge in [0.05, 0.1) is 6.54 Å². The predicted molar refractivity (Wildman–Crippen MR) is 67.9 cm³/mol. The molecule has 0 atom stereocenters. The van der Waals surface area contributed by atoms with Gasteiger partial charge in [0.1, 0.15) is 0 Å². The summed E-state index contributed by atoms with van der Waals surface area (Å²) in [6.07, 6.45) is 3.33. The van der Waals surface area contributed by atoms with Crippen LogP contribution in [0.4, 0.5) is 0 Å². The van der Waals surface area contributed by atoms with E-state index in [0.717, 1.165) is 5.57 Å². The normalized spacial score (nSPS) is 11.0. The van der Waals surface area contributed by atoms with Gasteiger partial charge in [-0.25, -0.2) is 0 Å². The molecule has 1 aromatic carbocycles. The molecule has 2 heteroatoms. The van der Waals surface area contributed by atoms with Crippen LogP contribution in [-0.2, 0) is 6.54 Å². The number of nitrogens with two attached hydrogens (primary N) is 1. The first-order valence-electron chi connectivity index (χ1n) is 5.25. The Bertz CT molecular complexity index is 300. The number of nitrogens with zero attached hydrogens (tertiary/aromatic N) is 1. The van der Waals surface area contributed by atoms with Gasteiger partial charge in [0.25, 0.3) is 0 Å². The van der Waals surface area contributed by atoms with Gasteiger partial charge in [-0.05, 0) is 24.3 Å². The molecular weight excluding hydrogens is 184 g/mol. The molecule has 0 saturated heterocycles. The molecule has 0 radical (unpaired) electrons. The van der Waals surface area contributed by atoms with Gasteiger partial charge in [0.15, 0.2) is 0 Å². The lowest BCUT2D eigenvalue weighted by molar-refractivity contribution is 1.08. The first-order chi connectivity index (χ1) is 7.33. The molecule has 1 rings (SSSR count). The zero-order chi connectivity index (χ0) is 11.5. The molecule has 0 amide bonds. The Labute approximate surface area is 92.5 Å². The molecule has 0 aliphatic heterocycles. The Balaban J connectivity index is 0.000000921. The summed E-state index contributed by atoms with van der Waals surface area (Å²) in [4.78, 5) is 4.24. The molecule has 1 aromatic rings. The zero-order valence-corrected chi connectivity index (χ0v) is 9.77. The summed E-state index contributed by atoms with van der Waals surface area (Å²) in [6, 6.07) is 10.1. The molecule has 0 fully saturated rings. The van der Waals surface area contributed by atoms with Crippen LogP contribution < -0.4 is 5.73 Å². The SMILES string of the molecule is C/C(C=NCc1ccccc1)=C/N.CC. The first-order valence-corrected chi connectivity index (χ1v) is 5.25. The molecule has 0 aliphatic carbocycles. The first kappa shape index (κ1) is 13.4. The molecule has 2 N–H and O–H groups in total. The van der Waals surface area contributed by atoms with E-state index in [4.69, 9.17) is 5.73 Å². The Hall–Kier alpha value is -1.57. The fourth-order valence-electron chi connectivity index (χ4n) is 0.921. The lowest BCUT2D eigenvalue weighted by Gasteiger charge is -1.94. The fraction of sp³-hybridized carbons (Fsp3) is 0.308. The van der Waals surface area contributed by atoms with Crippen molar-refractivity contribution in [3.63, 3.8) is 0 Å². The lowest BCUT2D eigenvalue weighted by atomic mass is 10.2. The third-order valence-corrected chi connectivity index (χ3v) is 1.67. The van der Waals surface area contributed by atoms with E-state index < -0.39 is 0 Å². The van der Waals surface area contributed by atoms with E-state index in [1.807, 2.05) is 39.0 Å². The Morgan fingerprint density at radius 3 is 2.40 bits per heavy atom. The quantitative estimate of drug-likeness (QED) is 0.755. The van der Waals surface area contributed by atoms with Gasteiger partial charge < -0.3 is 5.73 Å². The average Bonchev–Trinajstić information content (AvgIpc) is 2.33. The van der Waals surface area contributed by atoms with E-state index in [1.165, 1.54) is 5.56 Å². The molecule has 82 valence electrons. The number of hydrogen-bond donors (Lipinski definition) is 1. The van der Waals surface area contributed by atoms with E-state index in [2.05, 4.69) is 17.1 Å². The molecule has 0 heterocycles. The van der Waals surface area contributed by atoms with Crippen molar-refractivity contribution in [2.45, 2.75) is 27.3 Å². The van der Waals surface area contributed by atoms with Crippen LogP contribution in [0, 0.1) is 0 Å². The van der Waals surface area contributed by atoms with Crippen LogP contribution in [0.3, 0.4) is 0 Å². The molecule has 2 nitrogen and oxygen atoms in total. The van der Waals surface area contributed by atoms with E-state index in [1.54, 1.807) is 12.4 Å². The highest BCUT2D eigenvalue weighted by molar-refractivity contribution is 5.77. The highest BCUT2D eigenvalue weighted by Gasteiger charge is 1.86. The number of hydrogen-bond acceptors (Lipinski definition) is 2. The minimum atomic E-state index is 0.714. The van der Waals surface area contributed by atoms with Crippen LogP contribution in [0.1, 0.15) is 26.3 Å². The molecule has 0 unspecified atom stereocenters. The van der Waals surface area contributed by atoms with Crippen molar-refractivity contribution < 1.29 is 0 Å². The van der Waals surface area contributed by atoms with E-state index in [-0.39, 0.29) is 0 Å². The zero-order valence-electron chi connectivity index (χ0n) is 9.77. The van der Waals surface area contributed by atoms with Crippen LogP contribution >= 0.6 is 0 Å². The summed E-state index contributed by atoms with van der Waals surface area (Å²) in [5.41, 5.74) is 7.49. The summed E-state index contributed by atoms with van der Waals surface area (Å²) in [5, 5.41) is 0. The maximum absolute atomic E-state index is 5.30. The van der Waals surface area contributed by atoms with Crippen molar-refractivity contribution in [3.8, 4) is 0 Å². The van der Waals surface area contributed by atoms with Gasteiger partial charge in [-0.3, -0.25) is 4.99 Å². The van der Waals surface area contributed by atoms with Gasteiger partial charge in [0, 0.05) is 6.21 Å². The van der Waals surface area contributed by atoms with Crippen LogP contribution in [0.5, 0.6) is 0 Å². The van der Waals surface area contributed by atoms with Gasteiger partial charge >= 0.3 is 0 Å². The van der Waals surface area contributed by atoms with E-state index >= 15 is 0 Å². The Kier molecular flexibility index (Phi) is 8.06. The lowest BCUT2D eigenvalue weighted by Crippen LogP contribution is -1.87. The van der Waals surface area contributed by atoms with Gasteiger partial charge in [-0.15, -0.1) is 0 Å². The summed E-state index contributed by atoms with van der Waals surface area (Å²) in [7, 11) is 0. The monoisotopic (exact) mass is 204 g/mol. The Morgan fingerprint density at radius 2 is 1.87 bits per heavy atom. The number of allylic oxidation sites excluding steroid dienone is 1. The molecule has 0 spiro atoms. The molecule has 0 bridgehead atoms. The van der Waals surface area contributed by atoms with E-state index in [0.29, 0.717) is 6.54 Å². The maximum Gasteiger partial charge on any atom is 0.0639 e. The fourth-order valence-corrected chi connectivity index (χ4v) is 0.921. The van der Waals surface area contributed by atoms with Crippen LogP contribution in [0.2, 0.25) is 0 Å². The summed E-state index contributed by atoms with van der Waals surface area (Å²) >= 11 is 0. The van der Waals surface area contributed by atoms with Crippen molar-refractivity contribution in [3.05, 3.63) is 47.7 Å². The maximum atomic E-state index is 5.30. The molecule has 15 heavy (non-hydrogen) atoms. The topological polar surface area (TPSA) is 38.4 Å². The number of aliphatic imine (C=N–C) groups is 1.